The molecule has 0 unspecified atom stereocenters. The Morgan fingerprint density at radius 2 is 1.81 bits per heavy atom. The Morgan fingerprint density at radius 1 is 1.14 bits per heavy atom. The molecule has 0 atom stereocenters. The fourth-order valence-corrected chi connectivity index (χ4v) is 1.68. The van der Waals surface area contributed by atoms with Gasteiger partial charge < -0.3 is 10.5 Å². The molecule has 0 spiro atoms. The zero-order chi connectivity index (χ0) is 15.6. The minimum atomic E-state index is -4.57. The van der Waals surface area contributed by atoms with Gasteiger partial charge in [-0.25, -0.2) is 0 Å². The quantitative estimate of drug-likeness (QED) is 0.528. The van der Waals surface area contributed by atoms with Crippen LogP contribution in [0.4, 0.5) is 24.5 Å². The number of nitrogen functional groups attached to an aromatic ring is 1. The van der Waals surface area contributed by atoms with Gasteiger partial charge in [0.15, 0.2) is 0 Å². The van der Waals surface area contributed by atoms with Gasteiger partial charge in [-0.05, 0) is 18.2 Å². The van der Waals surface area contributed by atoms with E-state index in [0.717, 1.165) is 24.3 Å². The molecule has 0 aliphatic carbocycles. The largest absolute Gasteiger partial charge is 0.457 e. The van der Waals surface area contributed by atoms with Crippen molar-refractivity contribution in [3.63, 3.8) is 0 Å². The van der Waals surface area contributed by atoms with Gasteiger partial charge >= 0.3 is 6.18 Å². The van der Waals surface area contributed by atoms with Gasteiger partial charge in [-0.15, -0.1) is 0 Å². The van der Waals surface area contributed by atoms with Crippen molar-refractivity contribution < 1.29 is 22.8 Å². The summed E-state index contributed by atoms with van der Waals surface area (Å²) in [5, 5.41) is 10.6. The third-order valence-electron chi connectivity index (χ3n) is 2.62. The van der Waals surface area contributed by atoms with Gasteiger partial charge in [0, 0.05) is 12.1 Å². The molecule has 8 heteroatoms. The van der Waals surface area contributed by atoms with Crippen LogP contribution in [0, 0.1) is 10.1 Å². The maximum absolute atomic E-state index is 12.8. The molecule has 21 heavy (non-hydrogen) atoms. The number of benzene rings is 2. The minimum Gasteiger partial charge on any atom is -0.457 e. The lowest BCUT2D eigenvalue weighted by Crippen LogP contribution is -2.06. The Hall–Kier alpha value is -2.77. The molecular formula is C13H9F3N2O3. The van der Waals surface area contributed by atoms with Crippen LogP contribution in [-0.2, 0) is 6.18 Å². The number of nitrogens with zero attached hydrogens (tertiary/aromatic N) is 1. The molecule has 0 saturated heterocycles. The summed E-state index contributed by atoms with van der Waals surface area (Å²) in [6.07, 6.45) is -4.57. The van der Waals surface area contributed by atoms with E-state index in [0.29, 0.717) is 0 Å². The zero-order valence-electron chi connectivity index (χ0n) is 10.4. The third-order valence-corrected chi connectivity index (χ3v) is 2.62. The Labute approximate surface area is 116 Å². The summed E-state index contributed by atoms with van der Waals surface area (Å²) in [4.78, 5) is 9.92. The number of nitrogens with two attached hydrogens (primary N) is 1. The van der Waals surface area contributed by atoms with Gasteiger partial charge in [0.25, 0.3) is 5.69 Å². The highest BCUT2D eigenvalue weighted by Gasteiger charge is 2.34. The van der Waals surface area contributed by atoms with Crippen molar-refractivity contribution >= 4 is 11.4 Å². The maximum Gasteiger partial charge on any atom is 0.419 e. The summed E-state index contributed by atoms with van der Waals surface area (Å²) in [7, 11) is 0. The summed E-state index contributed by atoms with van der Waals surface area (Å²) in [5.41, 5.74) is 3.98. The second-order valence-corrected chi connectivity index (χ2v) is 4.07. The number of halogens is 3. The van der Waals surface area contributed by atoms with Gasteiger partial charge in [-0.3, -0.25) is 10.1 Å². The lowest BCUT2D eigenvalue weighted by Gasteiger charge is -2.13. The Morgan fingerprint density at radius 3 is 2.38 bits per heavy atom. The zero-order valence-corrected chi connectivity index (χ0v) is 10.4. The lowest BCUT2D eigenvalue weighted by atomic mass is 10.2. The standard InChI is InChI=1S/C13H9F3N2O3/c14-13(15,16)9-3-1-2-4-12(9)21-8-5-6-11(18(19)20)10(17)7-8/h1-7H,17H2. The van der Waals surface area contributed by atoms with E-state index in [1.54, 1.807) is 0 Å². The first kappa shape index (κ1) is 14.6. The molecule has 0 aliphatic heterocycles. The Balaban J connectivity index is 2.35. The molecule has 2 N–H and O–H groups in total. The van der Waals surface area contributed by atoms with Crippen molar-refractivity contribution in [1.29, 1.82) is 0 Å². The van der Waals surface area contributed by atoms with Gasteiger partial charge in [-0.1, -0.05) is 12.1 Å². The van der Waals surface area contributed by atoms with Crippen molar-refractivity contribution in [3.8, 4) is 11.5 Å². The first-order chi connectivity index (χ1) is 9.79. The monoisotopic (exact) mass is 298 g/mol. The summed E-state index contributed by atoms with van der Waals surface area (Å²) in [6, 6.07) is 8.01. The number of hydrogen-bond donors (Lipinski definition) is 1. The number of para-hydroxylation sites is 1. The van der Waals surface area contributed by atoms with Crippen LogP contribution in [0.2, 0.25) is 0 Å². The summed E-state index contributed by atoms with van der Waals surface area (Å²) in [5.74, 6) is -0.423. The molecular weight excluding hydrogens is 289 g/mol. The van der Waals surface area contributed by atoms with E-state index in [1.807, 2.05) is 0 Å². The molecule has 0 aromatic heterocycles. The van der Waals surface area contributed by atoms with Crippen molar-refractivity contribution in [3.05, 3.63) is 58.1 Å². The minimum absolute atomic E-state index is 0.0187. The van der Waals surface area contributed by atoms with E-state index >= 15 is 0 Å². The van der Waals surface area contributed by atoms with Crippen LogP contribution in [-0.4, -0.2) is 4.92 Å². The fourth-order valence-electron chi connectivity index (χ4n) is 1.68. The number of alkyl halides is 3. The molecule has 0 aliphatic rings. The molecule has 0 heterocycles. The average molecular weight is 298 g/mol. The molecule has 0 amide bonds. The molecule has 2 aromatic rings. The summed E-state index contributed by atoms with van der Waals surface area (Å²) < 4.78 is 43.5. The van der Waals surface area contributed by atoms with E-state index in [4.69, 9.17) is 10.5 Å². The molecule has 110 valence electrons. The van der Waals surface area contributed by atoms with E-state index in [-0.39, 0.29) is 17.1 Å². The number of hydrogen-bond acceptors (Lipinski definition) is 4. The highest BCUT2D eigenvalue weighted by Crippen LogP contribution is 2.38. The van der Waals surface area contributed by atoms with Crippen LogP contribution in [0.5, 0.6) is 11.5 Å². The van der Waals surface area contributed by atoms with Crippen LogP contribution in [0.25, 0.3) is 0 Å². The highest BCUT2D eigenvalue weighted by molar-refractivity contribution is 5.61. The number of nitro benzene ring substituents is 1. The molecule has 2 aromatic carbocycles. The molecule has 0 saturated carbocycles. The second-order valence-electron chi connectivity index (χ2n) is 4.07. The number of nitro groups is 1. The number of rotatable bonds is 3. The average Bonchev–Trinajstić information content (AvgIpc) is 2.37. The SMILES string of the molecule is Nc1cc(Oc2ccccc2C(F)(F)F)ccc1[N+](=O)[O-]. The van der Waals surface area contributed by atoms with Crippen molar-refractivity contribution in [2.75, 3.05) is 5.73 Å². The third kappa shape index (κ3) is 3.22. The second kappa shape index (κ2) is 5.31. The van der Waals surface area contributed by atoms with Crippen molar-refractivity contribution in [2.24, 2.45) is 0 Å². The Bertz CT molecular complexity index is 687. The topological polar surface area (TPSA) is 78.4 Å². The van der Waals surface area contributed by atoms with Crippen LogP contribution in [0.1, 0.15) is 5.56 Å². The van der Waals surface area contributed by atoms with E-state index < -0.39 is 22.4 Å². The van der Waals surface area contributed by atoms with Gasteiger partial charge in [-0.2, -0.15) is 13.2 Å². The van der Waals surface area contributed by atoms with Crippen molar-refractivity contribution in [2.45, 2.75) is 6.18 Å². The van der Waals surface area contributed by atoms with Gasteiger partial charge in [0.1, 0.15) is 17.2 Å². The molecule has 5 nitrogen and oxygen atoms in total. The molecule has 0 radical (unpaired) electrons. The summed E-state index contributed by atoms with van der Waals surface area (Å²) in [6.45, 7) is 0. The van der Waals surface area contributed by atoms with Crippen LogP contribution < -0.4 is 10.5 Å². The van der Waals surface area contributed by atoms with Crippen LogP contribution >= 0.6 is 0 Å². The number of ether oxygens (including phenoxy) is 1. The van der Waals surface area contributed by atoms with Gasteiger partial charge in [0.05, 0.1) is 10.5 Å². The van der Waals surface area contributed by atoms with Gasteiger partial charge in [0.2, 0.25) is 0 Å². The first-order valence-corrected chi connectivity index (χ1v) is 5.67. The lowest BCUT2D eigenvalue weighted by molar-refractivity contribution is -0.383. The van der Waals surface area contributed by atoms with E-state index in [1.165, 1.54) is 18.2 Å². The van der Waals surface area contributed by atoms with Crippen LogP contribution in [0.3, 0.4) is 0 Å². The van der Waals surface area contributed by atoms with Crippen molar-refractivity contribution in [1.82, 2.24) is 0 Å². The smallest absolute Gasteiger partial charge is 0.419 e. The normalized spacial score (nSPS) is 11.2. The predicted molar refractivity (Wildman–Crippen MR) is 69.0 cm³/mol. The summed E-state index contributed by atoms with van der Waals surface area (Å²) >= 11 is 0. The highest BCUT2D eigenvalue weighted by atomic mass is 19.4. The maximum atomic E-state index is 12.8. The number of anilines is 1. The van der Waals surface area contributed by atoms with E-state index in [2.05, 4.69) is 0 Å². The van der Waals surface area contributed by atoms with Crippen LogP contribution in [0.15, 0.2) is 42.5 Å². The van der Waals surface area contributed by atoms with E-state index in [9.17, 15) is 23.3 Å². The molecule has 0 fully saturated rings. The fraction of sp³-hybridized carbons (Fsp3) is 0.0769. The first-order valence-electron chi connectivity index (χ1n) is 5.67. The molecule has 0 bridgehead atoms. The predicted octanol–water partition coefficient (Wildman–Crippen LogP) is 3.99. The Kier molecular flexibility index (Phi) is 3.70. The molecule has 2 rings (SSSR count).